The second kappa shape index (κ2) is 5.89. The molecule has 100 valence electrons. The number of aromatic nitrogens is 1. The van der Waals surface area contributed by atoms with Gasteiger partial charge in [0.25, 0.3) is 0 Å². The average molecular weight is 269 g/mol. The lowest BCUT2D eigenvalue weighted by molar-refractivity contribution is 0.225. The summed E-state index contributed by atoms with van der Waals surface area (Å²) in [5, 5.41) is 0. The van der Waals surface area contributed by atoms with Crippen LogP contribution in [0.15, 0.2) is 6.07 Å². The van der Waals surface area contributed by atoms with Crippen molar-refractivity contribution in [3.05, 3.63) is 22.9 Å². The lowest BCUT2D eigenvalue weighted by Gasteiger charge is -2.17. The van der Waals surface area contributed by atoms with Crippen molar-refractivity contribution in [2.24, 2.45) is 0 Å². The summed E-state index contributed by atoms with van der Waals surface area (Å²) < 4.78 is 5.80. The van der Waals surface area contributed by atoms with Crippen LogP contribution in [0.5, 0.6) is 5.88 Å². The van der Waals surface area contributed by atoms with Crippen molar-refractivity contribution in [2.45, 2.75) is 38.6 Å². The third-order valence-electron chi connectivity index (χ3n) is 3.42. The first-order chi connectivity index (χ1) is 8.61. The number of halogens is 1. The van der Waals surface area contributed by atoms with E-state index in [1.54, 1.807) is 0 Å². The summed E-state index contributed by atoms with van der Waals surface area (Å²) in [4.78, 5) is 6.79. The van der Waals surface area contributed by atoms with Gasteiger partial charge in [0.05, 0.1) is 5.88 Å². The Bertz CT molecular complexity index is 419. The van der Waals surface area contributed by atoms with E-state index < -0.39 is 0 Å². The van der Waals surface area contributed by atoms with Crippen LogP contribution in [-0.2, 0) is 5.88 Å². The van der Waals surface area contributed by atoms with Gasteiger partial charge in [0.1, 0.15) is 6.61 Å². The van der Waals surface area contributed by atoms with Crippen molar-refractivity contribution < 1.29 is 4.74 Å². The van der Waals surface area contributed by atoms with Crippen LogP contribution in [0, 0.1) is 13.8 Å². The molecule has 1 heterocycles. The SMILES string of the molecule is Cc1cc(C)c(CCl)c(OCCN(C)C2CC2)n1. The molecule has 0 amide bonds. The van der Waals surface area contributed by atoms with Crippen LogP contribution in [0.4, 0.5) is 0 Å². The molecule has 0 bridgehead atoms. The van der Waals surface area contributed by atoms with Crippen molar-refractivity contribution >= 4 is 11.6 Å². The Balaban J connectivity index is 1.94. The minimum absolute atomic E-state index is 0.451. The fraction of sp³-hybridized carbons (Fsp3) is 0.643. The molecule has 1 aromatic rings. The first-order valence-corrected chi connectivity index (χ1v) is 7.01. The van der Waals surface area contributed by atoms with E-state index >= 15 is 0 Å². The molecule has 1 aliphatic rings. The van der Waals surface area contributed by atoms with Crippen LogP contribution < -0.4 is 4.74 Å². The van der Waals surface area contributed by atoms with Crippen LogP contribution >= 0.6 is 11.6 Å². The summed E-state index contributed by atoms with van der Waals surface area (Å²) in [5.41, 5.74) is 3.14. The van der Waals surface area contributed by atoms with Crippen LogP contribution in [-0.4, -0.2) is 36.1 Å². The molecule has 0 atom stereocenters. The van der Waals surface area contributed by atoms with E-state index in [1.165, 1.54) is 12.8 Å². The van der Waals surface area contributed by atoms with Gasteiger partial charge in [-0.2, -0.15) is 0 Å². The van der Waals surface area contributed by atoms with Crippen molar-refractivity contribution in [3.8, 4) is 5.88 Å². The highest BCUT2D eigenvalue weighted by Gasteiger charge is 2.25. The third-order valence-corrected chi connectivity index (χ3v) is 3.69. The molecule has 4 heteroatoms. The van der Waals surface area contributed by atoms with Gasteiger partial charge in [-0.1, -0.05) is 0 Å². The molecule has 1 aromatic heterocycles. The minimum atomic E-state index is 0.451. The molecule has 0 aromatic carbocycles. The summed E-state index contributed by atoms with van der Waals surface area (Å²) in [6, 6.07) is 2.81. The average Bonchev–Trinajstić information content (AvgIpc) is 3.12. The van der Waals surface area contributed by atoms with E-state index in [0.29, 0.717) is 18.4 Å². The van der Waals surface area contributed by atoms with E-state index in [0.717, 1.165) is 29.4 Å². The van der Waals surface area contributed by atoms with Gasteiger partial charge in [-0.15, -0.1) is 11.6 Å². The number of hydrogen-bond acceptors (Lipinski definition) is 3. The maximum absolute atomic E-state index is 5.96. The Morgan fingerprint density at radius 1 is 1.44 bits per heavy atom. The number of rotatable bonds is 6. The first kappa shape index (κ1) is 13.6. The van der Waals surface area contributed by atoms with E-state index in [-0.39, 0.29) is 0 Å². The molecule has 2 rings (SSSR count). The Kier molecular flexibility index (Phi) is 4.46. The van der Waals surface area contributed by atoms with Crippen LogP contribution in [0.3, 0.4) is 0 Å². The molecule has 0 aliphatic heterocycles. The van der Waals surface area contributed by atoms with Crippen LogP contribution in [0.2, 0.25) is 0 Å². The van der Waals surface area contributed by atoms with Gasteiger partial charge in [0.15, 0.2) is 0 Å². The zero-order valence-electron chi connectivity index (χ0n) is 11.4. The fourth-order valence-electron chi connectivity index (χ4n) is 2.10. The highest BCUT2D eigenvalue weighted by atomic mass is 35.5. The monoisotopic (exact) mass is 268 g/mol. The van der Waals surface area contributed by atoms with Gasteiger partial charge in [-0.25, -0.2) is 4.98 Å². The molecule has 0 N–H and O–H groups in total. The van der Waals surface area contributed by atoms with Crippen molar-refractivity contribution in [1.82, 2.24) is 9.88 Å². The summed E-state index contributed by atoms with van der Waals surface area (Å²) in [6.45, 7) is 5.65. The maximum atomic E-state index is 5.96. The number of likely N-dealkylation sites (N-methyl/N-ethyl adjacent to an activating group) is 1. The summed E-state index contributed by atoms with van der Waals surface area (Å²) >= 11 is 5.96. The predicted molar refractivity (Wildman–Crippen MR) is 74.4 cm³/mol. The largest absolute Gasteiger partial charge is 0.476 e. The lowest BCUT2D eigenvalue weighted by Crippen LogP contribution is -2.26. The summed E-state index contributed by atoms with van der Waals surface area (Å²) in [6.07, 6.45) is 2.65. The van der Waals surface area contributed by atoms with Gasteiger partial charge in [-0.05, 0) is 45.4 Å². The van der Waals surface area contributed by atoms with Gasteiger partial charge < -0.3 is 9.64 Å². The second-order valence-electron chi connectivity index (χ2n) is 5.06. The van der Waals surface area contributed by atoms with Gasteiger partial charge in [0.2, 0.25) is 5.88 Å². The molecule has 18 heavy (non-hydrogen) atoms. The van der Waals surface area contributed by atoms with E-state index in [4.69, 9.17) is 16.3 Å². The first-order valence-electron chi connectivity index (χ1n) is 6.48. The molecular weight excluding hydrogens is 248 g/mol. The number of nitrogens with zero attached hydrogens (tertiary/aromatic N) is 2. The predicted octanol–water partition coefficient (Wildman–Crippen LogP) is 2.91. The van der Waals surface area contributed by atoms with E-state index in [9.17, 15) is 0 Å². The van der Waals surface area contributed by atoms with Gasteiger partial charge in [0, 0.05) is 23.8 Å². The number of hydrogen-bond donors (Lipinski definition) is 0. The Hall–Kier alpha value is -0.800. The second-order valence-corrected chi connectivity index (χ2v) is 5.33. The molecule has 1 fully saturated rings. The number of alkyl halides is 1. The summed E-state index contributed by atoms with van der Waals surface area (Å²) in [7, 11) is 2.15. The molecule has 0 radical (unpaired) electrons. The molecule has 3 nitrogen and oxygen atoms in total. The molecule has 1 saturated carbocycles. The maximum Gasteiger partial charge on any atom is 0.218 e. The topological polar surface area (TPSA) is 25.4 Å². The number of ether oxygens (including phenoxy) is 1. The highest BCUT2D eigenvalue weighted by Crippen LogP contribution is 2.25. The van der Waals surface area contributed by atoms with E-state index in [2.05, 4.69) is 23.9 Å². The Labute approximate surface area is 114 Å². The van der Waals surface area contributed by atoms with Crippen molar-refractivity contribution in [1.29, 1.82) is 0 Å². The van der Waals surface area contributed by atoms with Gasteiger partial charge in [-0.3, -0.25) is 0 Å². The normalized spacial score (nSPS) is 15.2. The molecule has 0 unspecified atom stereocenters. The van der Waals surface area contributed by atoms with Crippen LogP contribution in [0.25, 0.3) is 0 Å². The Morgan fingerprint density at radius 2 is 2.17 bits per heavy atom. The van der Waals surface area contributed by atoms with E-state index in [1.807, 2.05) is 13.0 Å². The van der Waals surface area contributed by atoms with Crippen molar-refractivity contribution in [3.63, 3.8) is 0 Å². The third kappa shape index (κ3) is 3.36. The standard InChI is InChI=1S/C14H21ClN2O/c1-10-8-11(2)16-14(13(10)9-15)18-7-6-17(3)12-4-5-12/h8,12H,4-7,9H2,1-3H3. The number of aryl methyl sites for hydroxylation is 2. The number of pyridine rings is 1. The molecule has 0 saturated heterocycles. The van der Waals surface area contributed by atoms with Crippen LogP contribution in [0.1, 0.15) is 29.7 Å². The van der Waals surface area contributed by atoms with Gasteiger partial charge >= 0.3 is 0 Å². The molecule has 0 spiro atoms. The zero-order chi connectivity index (χ0) is 13.1. The summed E-state index contributed by atoms with van der Waals surface area (Å²) in [5.74, 6) is 1.15. The highest BCUT2D eigenvalue weighted by molar-refractivity contribution is 6.17. The quantitative estimate of drug-likeness (QED) is 0.742. The zero-order valence-corrected chi connectivity index (χ0v) is 12.1. The minimum Gasteiger partial charge on any atom is -0.476 e. The Morgan fingerprint density at radius 3 is 2.78 bits per heavy atom. The lowest BCUT2D eigenvalue weighted by atomic mass is 10.1. The smallest absolute Gasteiger partial charge is 0.218 e. The van der Waals surface area contributed by atoms with Crippen molar-refractivity contribution in [2.75, 3.05) is 20.2 Å². The molecule has 1 aliphatic carbocycles. The fourth-order valence-corrected chi connectivity index (χ4v) is 2.42. The molecular formula is C14H21ClN2O.